The van der Waals surface area contributed by atoms with Crippen LogP contribution in [0.2, 0.25) is 0 Å². The van der Waals surface area contributed by atoms with E-state index in [1.54, 1.807) is 0 Å². The van der Waals surface area contributed by atoms with Gasteiger partial charge in [0.1, 0.15) is 0 Å². The van der Waals surface area contributed by atoms with E-state index in [1.807, 2.05) is 0 Å². The van der Waals surface area contributed by atoms with E-state index >= 15 is 0 Å². The number of aliphatic hydroxyl groups is 1. The van der Waals surface area contributed by atoms with Gasteiger partial charge in [0, 0.05) is 6.42 Å². The summed E-state index contributed by atoms with van der Waals surface area (Å²) in [6.07, 6.45) is 19.8. The molecule has 27 heavy (non-hydrogen) atoms. The van der Waals surface area contributed by atoms with Gasteiger partial charge in [-0.3, -0.25) is 14.2 Å². The molecule has 0 bridgehead atoms. The van der Waals surface area contributed by atoms with Crippen molar-refractivity contribution >= 4 is 13.8 Å². The minimum atomic E-state index is -4.37. The Morgan fingerprint density at radius 1 is 0.889 bits per heavy atom. The van der Waals surface area contributed by atoms with Gasteiger partial charge >= 0.3 is 13.8 Å². The van der Waals surface area contributed by atoms with Crippen LogP contribution in [0.15, 0.2) is 12.2 Å². The van der Waals surface area contributed by atoms with Crippen molar-refractivity contribution in [3.63, 3.8) is 0 Å². The molecule has 0 amide bonds. The minimum absolute atomic E-state index is 0.102. The SMILES string of the molecule is CCCCCCCC/C=C\CCCCCCCC(=O)OP(=O)(O)OCCO. The maximum atomic E-state index is 11.4. The zero-order valence-electron chi connectivity index (χ0n) is 16.9. The van der Waals surface area contributed by atoms with E-state index in [4.69, 9.17) is 5.11 Å². The highest BCUT2D eigenvalue weighted by Crippen LogP contribution is 2.43. The third kappa shape index (κ3) is 19.9. The molecule has 0 radical (unpaired) electrons. The lowest BCUT2D eigenvalue weighted by Gasteiger charge is -2.10. The van der Waals surface area contributed by atoms with E-state index in [1.165, 1.54) is 44.9 Å². The number of hydrogen-bond donors (Lipinski definition) is 2. The molecule has 1 atom stereocenters. The highest BCUT2D eigenvalue weighted by Gasteiger charge is 2.25. The van der Waals surface area contributed by atoms with Gasteiger partial charge in [0.25, 0.3) is 0 Å². The molecule has 7 heteroatoms. The molecule has 0 aromatic heterocycles. The summed E-state index contributed by atoms with van der Waals surface area (Å²) >= 11 is 0. The topological polar surface area (TPSA) is 93.1 Å². The normalized spacial score (nSPS) is 13.7. The Labute approximate surface area is 165 Å². The Hall–Kier alpha value is -0.680. The average molecular weight is 407 g/mol. The summed E-state index contributed by atoms with van der Waals surface area (Å²) in [5.74, 6) is -0.739. The van der Waals surface area contributed by atoms with Crippen LogP contribution in [-0.2, 0) is 18.4 Å². The molecule has 0 aliphatic heterocycles. The minimum Gasteiger partial charge on any atom is -0.394 e. The van der Waals surface area contributed by atoms with Crippen LogP contribution in [0.1, 0.15) is 96.8 Å². The number of carbonyl (C=O) groups excluding carboxylic acids is 1. The maximum Gasteiger partial charge on any atom is 0.529 e. The van der Waals surface area contributed by atoms with Crippen LogP contribution < -0.4 is 0 Å². The molecule has 6 nitrogen and oxygen atoms in total. The Balaban J connectivity index is 3.40. The zero-order chi connectivity index (χ0) is 20.2. The predicted molar refractivity (Wildman–Crippen MR) is 108 cm³/mol. The number of rotatable bonds is 19. The molecule has 0 heterocycles. The number of allylic oxidation sites excluding steroid dienone is 2. The van der Waals surface area contributed by atoms with Gasteiger partial charge in [-0.15, -0.1) is 0 Å². The Bertz CT molecular complexity index is 425. The summed E-state index contributed by atoms with van der Waals surface area (Å²) in [6, 6.07) is 0. The predicted octanol–water partition coefficient (Wildman–Crippen LogP) is 5.68. The van der Waals surface area contributed by atoms with E-state index in [0.717, 1.165) is 32.1 Å². The standard InChI is InChI=1S/C20H39O6P/c1-2-3-4-5-6-7-8-9-10-11-12-13-14-15-16-17-20(22)26-27(23,24)25-19-18-21/h9-10,21H,2-8,11-19H2,1H3,(H,23,24)/b10-9-. The molecular formula is C20H39O6P. The smallest absolute Gasteiger partial charge is 0.394 e. The van der Waals surface area contributed by atoms with E-state index < -0.39 is 20.4 Å². The molecule has 0 spiro atoms. The van der Waals surface area contributed by atoms with E-state index in [9.17, 15) is 14.3 Å². The van der Waals surface area contributed by atoms with Gasteiger partial charge in [-0.2, -0.15) is 0 Å². The van der Waals surface area contributed by atoms with Crippen LogP contribution in [0, 0.1) is 0 Å². The highest BCUT2D eigenvalue weighted by atomic mass is 31.2. The number of aliphatic hydroxyl groups excluding tert-OH is 1. The number of phosphoric acid groups is 1. The molecule has 0 saturated heterocycles. The fourth-order valence-corrected chi connectivity index (χ4v) is 3.41. The van der Waals surface area contributed by atoms with Crippen molar-refractivity contribution in [1.29, 1.82) is 0 Å². The Morgan fingerprint density at radius 2 is 1.41 bits per heavy atom. The first-order chi connectivity index (χ1) is 13.0. The number of unbranched alkanes of at least 4 members (excludes halogenated alkanes) is 11. The van der Waals surface area contributed by atoms with Crippen molar-refractivity contribution in [2.75, 3.05) is 13.2 Å². The van der Waals surface area contributed by atoms with Gasteiger partial charge in [0.05, 0.1) is 13.2 Å². The molecule has 0 aromatic carbocycles. The lowest BCUT2D eigenvalue weighted by Crippen LogP contribution is -2.06. The first-order valence-electron chi connectivity index (χ1n) is 10.5. The van der Waals surface area contributed by atoms with Crippen LogP contribution >= 0.6 is 7.82 Å². The summed E-state index contributed by atoms with van der Waals surface area (Å²) < 4.78 is 20.1. The van der Waals surface area contributed by atoms with Gasteiger partial charge in [-0.05, 0) is 32.1 Å². The Kier molecular flexibility index (Phi) is 18.2. The largest absolute Gasteiger partial charge is 0.529 e. The summed E-state index contributed by atoms with van der Waals surface area (Å²) in [5, 5.41) is 8.51. The van der Waals surface area contributed by atoms with Gasteiger partial charge in [0.15, 0.2) is 0 Å². The van der Waals surface area contributed by atoms with Crippen molar-refractivity contribution in [2.45, 2.75) is 96.8 Å². The lowest BCUT2D eigenvalue weighted by atomic mass is 10.1. The molecule has 160 valence electrons. The summed E-state index contributed by atoms with van der Waals surface area (Å²) in [4.78, 5) is 20.7. The van der Waals surface area contributed by atoms with Gasteiger partial charge in [0.2, 0.25) is 0 Å². The fourth-order valence-electron chi connectivity index (χ4n) is 2.70. The molecule has 0 rings (SSSR count). The quantitative estimate of drug-likeness (QED) is 0.163. The molecule has 0 saturated carbocycles. The maximum absolute atomic E-state index is 11.4. The second-order valence-electron chi connectivity index (χ2n) is 6.82. The molecule has 1 unspecified atom stereocenters. The molecule has 0 aliphatic carbocycles. The first kappa shape index (κ1) is 26.3. The monoisotopic (exact) mass is 406 g/mol. The van der Waals surface area contributed by atoms with Crippen LogP contribution in [0.25, 0.3) is 0 Å². The first-order valence-corrected chi connectivity index (χ1v) is 12.0. The summed E-state index contributed by atoms with van der Waals surface area (Å²) in [5.41, 5.74) is 0. The molecule has 0 aliphatic rings. The van der Waals surface area contributed by atoms with Crippen LogP contribution in [0.3, 0.4) is 0 Å². The number of hydrogen-bond acceptors (Lipinski definition) is 5. The van der Waals surface area contributed by atoms with Crippen molar-refractivity contribution < 1.29 is 28.4 Å². The van der Waals surface area contributed by atoms with Crippen LogP contribution in [-0.4, -0.2) is 29.2 Å². The summed E-state index contributed by atoms with van der Waals surface area (Å²) in [7, 11) is -4.37. The van der Waals surface area contributed by atoms with Crippen LogP contribution in [0.4, 0.5) is 0 Å². The average Bonchev–Trinajstić information content (AvgIpc) is 2.63. The van der Waals surface area contributed by atoms with E-state index in [-0.39, 0.29) is 13.0 Å². The highest BCUT2D eigenvalue weighted by molar-refractivity contribution is 7.48. The second kappa shape index (κ2) is 18.7. The molecule has 2 N–H and O–H groups in total. The third-order valence-electron chi connectivity index (χ3n) is 4.21. The molecular weight excluding hydrogens is 367 g/mol. The second-order valence-corrected chi connectivity index (χ2v) is 8.20. The van der Waals surface area contributed by atoms with Crippen molar-refractivity contribution in [2.24, 2.45) is 0 Å². The third-order valence-corrected chi connectivity index (χ3v) is 5.15. The van der Waals surface area contributed by atoms with Gasteiger partial charge in [-0.1, -0.05) is 70.4 Å². The number of phosphoric ester groups is 1. The van der Waals surface area contributed by atoms with E-state index in [0.29, 0.717) is 6.42 Å². The molecule has 0 aromatic rings. The van der Waals surface area contributed by atoms with E-state index in [2.05, 4.69) is 28.1 Å². The fraction of sp³-hybridized carbons (Fsp3) is 0.850. The lowest BCUT2D eigenvalue weighted by molar-refractivity contribution is -0.136. The zero-order valence-corrected chi connectivity index (χ0v) is 17.8. The van der Waals surface area contributed by atoms with Crippen LogP contribution in [0.5, 0.6) is 0 Å². The van der Waals surface area contributed by atoms with Crippen molar-refractivity contribution in [1.82, 2.24) is 0 Å². The summed E-state index contributed by atoms with van der Waals surface area (Å²) in [6.45, 7) is 1.49. The van der Waals surface area contributed by atoms with Gasteiger partial charge < -0.3 is 9.63 Å². The Morgan fingerprint density at radius 3 is 1.96 bits per heavy atom. The van der Waals surface area contributed by atoms with Crippen molar-refractivity contribution in [3.8, 4) is 0 Å². The van der Waals surface area contributed by atoms with Gasteiger partial charge in [-0.25, -0.2) is 4.57 Å². The van der Waals surface area contributed by atoms with Crippen molar-refractivity contribution in [3.05, 3.63) is 12.2 Å². The molecule has 0 fully saturated rings. The number of carbonyl (C=O) groups is 1.